The van der Waals surface area contributed by atoms with Crippen molar-refractivity contribution >= 4 is 12.8 Å². The molecule has 1 aliphatic heterocycles. The first-order valence-electron chi connectivity index (χ1n) is 6.76. The average Bonchev–Trinajstić information content (AvgIpc) is 2.94. The summed E-state index contributed by atoms with van der Waals surface area (Å²) in [5, 5.41) is 0. The molecule has 0 bridgehead atoms. The summed E-state index contributed by atoms with van der Waals surface area (Å²) in [7, 11) is -0.509. The maximum atomic E-state index is 5.94. The predicted molar refractivity (Wildman–Crippen MR) is 77.7 cm³/mol. The summed E-state index contributed by atoms with van der Waals surface area (Å²) in [6.45, 7) is 8.06. The first-order valence-corrected chi connectivity index (χ1v) is 6.76. The zero-order valence-electron chi connectivity index (χ0n) is 12.2. The first kappa shape index (κ1) is 13.4. The molecule has 0 spiro atoms. The molecule has 2 aromatic rings. The number of hydrogen-bond acceptors (Lipinski definition) is 4. The Morgan fingerprint density at radius 3 is 2.15 bits per heavy atom. The number of nitrogens with zero attached hydrogens (tertiary/aromatic N) is 1. The number of rotatable bonds is 2. The van der Waals surface area contributed by atoms with Gasteiger partial charge < -0.3 is 13.7 Å². The SMILES string of the molecule is CC1(C)OB(c2cnc(-c3ccccc3)o2)OC1(C)C. The van der Waals surface area contributed by atoms with Crippen LogP contribution in [0, 0.1) is 0 Å². The summed E-state index contributed by atoms with van der Waals surface area (Å²) < 4.78 is 17.7. The van der Waals surface area contributed by atoms with Gasteiger partial charge in [0.1, 0.15) is 0 Å². The molecule has 1 fully saturated rings. The lowest BCUT2D eigenvalue weighted by molar-refractivity contribution is 0.00578. The van der Waals surface area contributed by atoms with Gasteiger partial charge in [-0.3, -0.25) is 0 Å². The molecule has 1 aromatic carbocycles. The lowest BCUT2D eigenvalue weighted by atomic mass is 9.87. The maximum absolute atomic E-state index is 5.94. The van der Waals surface area contributed by atoms with E-state index in [4.69, 9.17) is 13.7 Å². The van der Waals surface area contributed by atoms with Gasteiger partial charge in [-0.05, 0) is 39.8 Å². The second kappa shape index (κ2) is 4.47. The fraction of sp³-hybridized carbons (Fsp3) is 0.400. The van der Waals surface area contributed by atoms with E-state index in [0.717, 1.165) is 5.56 Å². The van der Waals surface area contributed by atoms with Crippen LogP contribution in [0.2, 0.25) is 0 Å². The van der Waals surface area contributed by atoms with Gasteiger partial charge >= 0.3 is 7.12 Å². The van der Waals surface area contributed by atoms with E-state index in [-0.39, 0.29) is 11.2 Å². The van der Waals surface area contributed by atoms with Crippen LogP contribution in [0.1, 0.15) is 27.7 Å². The molecule has 0 unspecified atom stereocenters. The van der Waals surface area contributed by atoms with Gasteiger partial charge in [-0.25, -0.2) is 4.98 Å². The molecule has 104 valence electrons. The molecular weight excluding hydrogens is 253 g/mol. The third-order valence-corrected chi connectivity index (χ3v) is 4.03. The molecule has 1 saturated heterocycles. The molecule has 0 radical (unpaired) electrons. The van der Waals surface area contributed by atoms with Crippen molar-refractivity contribution in [2.75, 3.05) is 0 Å². The lowest BCUT2D eigenvalue weighted by Crippen LogP contribution is -2.41. The highest BCUT2D eigenvalue weighted by Crippen LogP contribution is 2.36. The first-order chi connectivity index (χ1) is 9.39. The topological polar surface area (TPSA) is 44.5 Å². The second-order valence-corrected chi connectivity index (χ2v) is 6.02. The van der Waals surface area contributed by atoms with Crippen LogP contribution in [0.3, 0.4) is 0 Å². The van der Waals surface area contributed by atoms with Crippen LogP contribution in [0.15, 0.2) is 40.9 Å². The van der Waals surface area contributed by atoms with E-state index in [0.29, 0.717) is 11.6 Å². The van der Waals surface area contributed by atoms with Crippen molar-refractivity contribution in [1.82, 2.24) is 4.98 Å². The van der Waals surface area contributed by atoms with Crippen molar-refractivity contribution in [3.8, 4) is 11.5 Å². The Kier molecular flexibility index (Phi) is 2.99. The van der Waals surface area contributed by atoms with Gasteiger partial charge in [-0.2, -0.15) is 0 Å². The fourth-order valence-corrected chi connectivity index (χ4v) is 2.07. The van der Waals surface area contributed by atoms with E-state index < -0.39 is 7.12 Å². The summed E-state index contributed by atoms with van der Waals surface area (Å²) in [6.07, 6.45) is 1.67. The molecule has 3 rings (SSSR count). The molecule has 20 heavy (non-hydrogen) atoms. The zero-order valence-corrected chi connectivity index (χ0v) is 12.2. The number of hydrogen-bond donors (Lipinski definition) is 0. The van der Waals surface area contributed by atoms with Crippen LogP contribution in [0.5, 0.6) is 0 Å². The van der Waals surface area contributed by atoms with Gasteiger partial charge in [0.2, 0.25) is 5.89 Å². The summed E-state index contributed by atoms with van der Waals surface area (Å²) in [5.74, 6) is 0.579. The molecule has 0 saturated carbocycles. The van der Waals surface area contributed by atoms with E-state index in [1.54, 1.807) is 6.20 Å². The van der Waals surface area contributed by atoms with E-state index >= 15 is 0 Å². The quantitative estimate of drug-likeness (QED) is 0.787. The molecule has 0 amide bonds. The molecule has 2 heterocycles. The van der Waals surface area contributed by atoms with E-state index in [1.807, 2.05) is 58.0 Å². The Labute approximate surface area is 119 Å². The summed E-state index contributed by atoms with van der Waals surface area (Å²) in [4.78, 5) is 4.30. The van der Waals surface area contributed by atoms with Crippen molar-refractivity contribution in [1.29, 1.82) is 0 Å². The number of benzene rings is 1. The Morgan fingerprint density at radius 2 is 1.55 bits per heavy atom. The third-order valence-electron chi connectivity index (χ3n) is 4.03. The minimum atomic E-state index is -0.509. The summed E-state index contributed by atoms with van der Waals surface area (Å²) >= 11 is 0. The van der Waals surface area contributed by atoms with Gasteiger partial charge in [0.05, 0.1) is 17.4 Å². The van der Waals surface area contributed by atoms with Gasteiger partial charge in [-0.15, -0.1) is 0 Å². The summed E-state index contributed by atoms with van der Waals surface area (Å²) in [6, 6.07) is 9.78. The molecule has 1 aliphatic rings. The minimum Gasteiger partial charge on any atom is -0.445 e. The second-order valence-electron chi connectivity index (χ2n) is 6.02. The molecule has 0 N–H and O–H groups in total. The monoisotopic (exact) mass is 271 g/mol. The van der Waals surface area contributed by atoms with Crippen LogP contribution >= 0.6 is 0 Å². The van der Waals surface area contributed by atoms with Crippen LogP contribution in [-0.2, 0) is 9.31 Å². The zero-order chi connectivity index (χ0) is 14.4. The van der Waals surface area contributed by atoms with Gasteiger partial charge in [0.25, 0.3) is 0 Å². The van der Waals surface area contributed by atoms with Crippen LogP contribution in [0.25, 0.3) is 11.5 Å². The molecule has 1 aromatic heterocycles. The standard InChI is InChI=1S/C15H18BNO3/c1-14(2)15(3,4)20-16(19-14)12-10-17-13(18-12)11-8-6-5-7-9-11/h5-10H,1-4H3. The normalized spacial score (nSPS) is 20.3. The van der Waals surface area contributed by atoms with Crippen LogP contribution < -0.4 is 5.66 Å². The van der Waals surface area contributed by atoms with Crippen LogP contribution in [0.4, 0.5) is 0 Å². The Hall–Kier alpha value is -1.59. The van der Waals surface area contributed by atoms with Crippen LogP contribution in [-0.4, -0.2) is 23.3 Å². The van der Waals surface area contributed by atoms with Crippen molar-refractivity contribution in [3.05, 3.63) is 36.5 Å². The van der Waals surface area contributed by atoms with Gasteiger partial charge in [0, 0.05) is 5.56 Å². The Bertz CT molecular complexity index is 591. The molecule has 5 heteroatoms. The van der Waals surface area contributed by atoms with E-state index in [9.17, 15) is 0 Å². The van der Waals surface area contributed by atoms with E-state index in [1.165, 1.54) is 0 Å². The highest BCUT2D eigenvalue weighted by atomic mass is 16.7. The Morgan fingerprint density at radius 1 is 0.950 bits per heavy atom. The van der Waals surface area contributed by atoms with Crippen molar-refractivity contribution in [3.63, 3.8) is 0 Å². The molecule has 0 aliphatic carbocycles. The predicted octanol–water partition coefficient (Wildman–Crippen LogP) is 2.64. The third kappa shape index (κ3) is 2.17. The fourth-order valence-electron chi connectivity index (χ4n) is 2.07. The molecule has 4 nitrogen and oxygen atoms in total. The van der Waals surface area contributed by atoms with Gasteiger partial charge in [-0.1, -0.05) is 18.2 Å². The van der Waals surface area contributed by atoms with Crippen molar-refractivity contribution in [2.45, 2.75) is 38.9 Å². The highest BCUT2D eigenvalue weighted by Gasteiger charge is 2.53. The summed E-state index contributed by atoms with van der Waals surface area (Å²) in [5.41, 5.74) is 0.784. The number of oxazole rings is 1. The van der Waals surface area contributed by atoms with Crippen molar-refractivity contribution in [2.24, 2.45) is 0 Å². The number of aromatic nitrogens is 1. The Balaban J connectivity index is 1.86. The minimum absolute atomic E-state index is 0.378. The molecule has 0 atom stereocenters. The maximum Gasteiger partial charge on any atom is 0.534 e. The van der Waals surface area contributed by atoms with E-state index in [2.05, 4.69) is 4.98 Å². The lowest BCUT2D eigenvalue weighted by Gasteiger charge is -2.32. The largest absolute Gasteiger partial charge is 0.534 e. The highest BCUT2D eigenvalue weighted by molar-refractivity contribution is 6.60. The average molecular weight is 271 g/mol. The smallest absolute Gasteiger partial charge is 0.445 e. The van der Waals surface area contributed by atoms with Gasteiger partial charge in [0.15, 0.2) is 5.66 Å². The molecular formula is C15H18BNO3. The van der Waals surface area contributed by atoms with Crippen molar-refractivity contribution < 1.29 is 13.7 Å².